The number of rotatable bonds is 14. The Labute approximate surface area is 268 Å². The number of nitrogens with zero attached hydrogens (tertiary/aromatic N) is 2. The Kier molecular flexibility index (Phi) is 11.4. The molecule has 0 saturated heterocycles. The van der Waals surface area contributed by atoms with E-state index in [1.54, 1.807) is 36.4 Å². The van der Waals surface area contributed by atoms with Gasteiger partial charge in [-0.05, 0) is 84.6 Å². The molecule has 2 amide bonds. The van der Waals surface area contributed by atoms with E-state index in [2.05, 4.69) is 15.8 Å². The number of ether oxygens (including phenoxy) is 3. The van der Waals surface area contributed by atoms with Gasteiger partial charge < -0.3 is 19.5 Å². The first-order valence-electron chi connectivity index (χ1n) is 14.3. The summed E-state index contributed by atoms with van der Waals surface area (Å²) in [5.41, 5.74) is 6.03. The van der Waals surface area contributed by atoms with Crippen LogP contribution in [0.3, 0.4) is 0 Å². The molecule has 0 saturated carbocycles. The second-order valence-corrected chi connectivity index (χ2v) is 12.1. The quantitative estimate of drug-likeness (QED) is 0.154. The molecule has 0 unspecified atom stereocenters. The lowest BCUT2D eigenvalue weighted by atomic mass is 10.1. The van der Waals surface area contributed by atoms with Crippen LogP contribution in [0.25, 0.3) is 0 Å². The van der Waals surface area contributed by atoms with Gasteiger partial charge in [0.15, 0.2) is 18.1 Å². The first-order valence-corrected chi connectivity index (χ1v) is 15.7. The standard InChI is InChI=1S/C34H36N4O7S/c1-24-16-25(2)18-28(17-24)38(46(41,42)30-14-15-31(43-3)32(19-30)44-4)22-33(39)37-36-21-27-10-12-29(13-11-27)45-23-34(40)35-20-26-8-6-5-7-9-26/h5-19,21H,20,22-23H2,1-4H3,(H,35,40)(H,37,39)/b36-21-. The predicted molar refractivity (Wildman–Crippen MR) is 176 cm³/mol. The number of hydrazone groups is 1. The fourth-order valence-electron chi connectivity index (χ4n) is 4.51. The summed E-state index contributed by atoms with van der Waals surface area (Å²) in [6.45, 7) is 3.43. The van der Waals surface area contributed by atoms with Crippen molar-refractivity contribution in [3.05, 3.63) is 113 Å². The summed E-state index contributed by atoms with van der Waals surface area (Å²) >= 11 is 0. The number of sulfonamides is 1. The van der Waals surface area contributed by atoms with Gasteiger partial charge in [0, 0.05) is 12.6 Å². The largest absolute Gasteiger partial charge is 0.493 e. The Balaban J connectivity index is 1.39. The zero-order valence-electron chi connectivity index (χ0n) is 26.0. The maximum atomic E-state index is 13.9. The number of hydrogen-bond donors (Lipinski definition) is 2. The molecular formula is C34H36N4O7S. The minimum Gasteiger partial charge on any atom is -0.493 e. The molecule has 11 nitrogen and oxygen atoms in total. The lowest BCUT2D eigenvalue weighted by molar-refractivity contribution is -0.123. The zero-order valence-corrected chi connectivity index (χ0v) is 26.8. The van der Waals surface area contributed by atoms with Crippen LogP contribution in [0.5, 0.6) is 17.2 Å². The molecule has 0 aliphatic carbocycles. The van der Waals surface area contributed by atoms with Crippen LogP contribution in [-0.2, 0) is 26.2 Å². The molecule has 0 bridgehead atoms. The van der Waals surface area contributed by atoms with E-state index >= 15 is 0 Å². The zero-order chi connectivity index (χ0) is 33.1. The average Bonchev–Trinajstić information content (AvgIpc) is 3.05. The second kappa shape index (κ2) is 15.6. The van der Waals surface area contributed by atoms with Crippen LogP contribution in [0, 0.1) is 13.8 Å². The van der Waals surface area contributed by atoms with Crippen molar-refractivity contribution in [3.8, 4) is 17.2 Å². The van der Waals surface area contributed by atoms with Gasteiger partial charge in [-0.3, -0.25) is 13.9 Å². The Morgan fingerprint density at radius 2 is 1.50 bits per heavy atom. The highest BCUT2D eigenvalue weighted by Gasteiger charge is 2.28. The molecule has 46 heavy (non-hydrogen) atoms. The van der Waals surface area contributed by atoms with Crippen LogP contribution in [-0.4, -0.2) is 53.8 Å². The molecule has 0 aliphatic heterocycles. The first-order chi connectivity index (χ1) is 22.1. The van der Waals surface area contributed by atoms with Gasteiger partial charge in [0.25, 0.3) is 21.8 Å². The average molecular weight is 645 g/mol. The lowest BCUT2D eigenvalue weighted by Gasteiger charge is -2.25. The molecule has 0 atom stereocenters. The lowest BCUT2D eigenvalue weighted by Crippen LogP contribution is -2.39. The maximum absolute atomic E-state index is 13.9. The molecule has 4 rings (SSSR count). The number of anilines is 1. The van der Waals surface area contributed by atoms with Gasteiger partial charge in [0.2, 0.25) is 0 Å². The highest BCUT2D eigenvalue weighted by atomic mass is 32.2. The number of amides is 2. The highest BCUT2D eigenvalue weighted by Crippen LogP contribution is 2.32. The van der Waals surface area contributed by atoms with Crippen molar-refractivity contribution in [3.63, 3.8) is 0 Å². The summed E-state index contributed by atoms with van der Waals surface area (Å²) in [6, 6.07) is 25.9. The van der Waals surface area contributed by atoms with Crippen molar-refractivity contribution in [1.29, 1.82) is 0 Å². The summed E-state index contributed by atoms with van der Waals surface area (Å²) in [7, 11) is -1.34. The highest BCUT2D eigenvalue weighted by molar-refractivity contribution is 7.92. The van der Waals surface area contributed by atoms with Crippen LogP contribution < -0.4 is 29.3 Å². The molecule has 0 radical (unpaired) electrons. The van der Waals surface area contributed by atoms with Gasteiger partial charge in [0.1, 0.15) is 12.3 Å². The summed E-state index contributed by atoms with van der Waals surface area (Å²) < 4.78 is 44.8. The number of benzene rings is 4. The van der Waals surface area contributed by atoms with E-state index in [0.29, 0.717) is 29.3 Å². The van der Waals surface area contributed by atoms with Crippen molar-refractivity contribution in [2.45, 2.75) is 25.3 Å². The molecule has 2 N–H and O–H groups in total. The molecule has 240 valence electrons. The van der Waals surface area contributed by atoms with Gasteiger partial charge >= 0.3 is 0 Å². The molecular weight excluding hydrogens is 608 g/mol. The van der Waals surface area contributed by atoms with Gasteiger partial charge in [0.05, 0.1) is 31.0 Å². The number of carbonyl (C=O) groups excluding carboxylic acids is 2. The Bertz CT molecular complexity index is 1770. The van der Waals surface area contributed by atoms with E-state index in [4.69, 9.17) is 14.2 Å². The SMILES string of the molecule is COc1ccc(S(=O)(=O)N(CC(=O)N/N=C\c2ccc(OCC(=O)NCc3ccccc3)cc2)c2cc(C)cc(C)c2)cc1OC. The van der Waals surface area contributed by atoms with Crippen LogP contribution in [0.4, 0.5) is 5.69 Å². The van der Waals surface area contributed by atoms with Crippen LogP contribution in [0.2, 0.25) is 0 Å². The third kappa shape index (κ3) is 9.08. The molecule has 4 aromatic rings. The molecule has 4 aromatic carbocycles. The molecule has 0 fully saturated rings. The van der Waals surface area contributed by atoms with Gasteiger partial charge in [-0.2, -0.15) is 5.10 Å². The van der Waals surface area contributed by atoms with E-state index in [9.17, 15) is 18.0 Å². The third-order valence-corrected chi connectivity index (χ3v) is 8.48. The fraction of sp³-hybridized carbons (Fsp3) is 0.206. The van der Waals surface area contributed by atoms with E-state index in [1.165, 1.54) is 38.6 Å². The monoisotopic (exact) mass is 644 g/mol. The number of aryl methyl sites for hydroxylation is 2. The third-order valence-electron chi connectivity index (χ3n) is 6.71. The van der Waals surface area contributed by atoms with Crippen molar-refractivity contribution in [1.82, 2.24) is 10.7 Å². The van der Waals surface area contributed by atoms with Crippen molar-refractivity contribution in [2.75, 3.05) is 31.7 Å². The predicted octanol–water partition coefficient (Wildman–Crippen LogP) is 4.36. The van der Waals surface area contributed by atoms with Crippen LogP contribution >= 0.6 is 0 Å². The minimum absolute atomic E-state index is 0.0726. The van der Waals surface area contributed by atoms with Gasteiger partial charge in [-0.1, -0.05) is 36.4 Å². The number of carbonyl (C=O) groups is 2. The number of hydrogen-bond acceptors (Lipinski definition) is 8. The normalized spacial score (nSPS) is 11.1. The topological polar surface area (TPSA) is 136 Å². The molecule has 0 aliphatic rings. The molecule has 0 spiro atoms. The molecule has 12 heteroatoms. The van der Waals surface area contributed by atoms with E-state index in [1.807, 2.05) is 50.2 Å². The van der Waals surface area contributed by atoms with E-state index in [0.717, 1.165) is 21.0 Å². The Hall–Kier alpha value is -5.36. The van der Waals surface area contributed by atoms with Gasteiger partial charge in [-0.25, -0.2) is 13.8 Å². The maximum Gasteiger partial charge on any atom is 0.264 e. The van der Waals surface area contributed by atoms with Crippen molar-refractivity contribution < 1.29 is 32.2 Å². The minimum atomic E-state index is -4.21. The summed E-state index contributed by atoms with van der Waals surface area (Å²) in [6.07, 6.45) is 1.41. The van der Waals surface area contributed by atoms with Crippen molar-refractivity contribution in [2.24, 2.45) is 5.10 Å². The second-order valence-electron chi connectivity index (χ2n) is 10.3. The fourth-order valence-corrected chi connectivity index (χ4v) is 5.93. The molecule has 0 heterocycles. The summed E-state index contributed by atoms with van der Waals surface area (Å²) in [5.74, 6) is 0.192. The van der Waals surface area contributed by atoms with Crippen molar-refractivity contribution >= 4 is 33.7 Å². The molecule has 0 aromatic heterocycles. The smallest absolute Gasteiger partial charge is 0.264 e. The summed E-state index contributed by atoms with van der Waals surface area (Å²) in [5, 5.41) is 6.80. The number of nitrogens with one attached hydrogen (secondary N) is 2. The Morgan fingerprint density at radius 3 is 2.15 bits per heavy atom. The van der Waals surface area contributed by atoms with E-state index in [-0.39, 0.29) is 23.2 Å². The van der Waals surface area contributed by atoms with E-state index < -0.39 is 22.5 Å². The Morgan fingerprint density at radius 1 is 0.826 bits per heavy atom. The van der Waals surface area contributed by atoms with Crippen LogP contribution in [0.1, 0.15) is 22.3 Å². The van der Waals surface area contributed by atoms with Gasteiger partial charge in [-0.15, -0.1) is 0 Å². The van der Waals surface area contributed by atoms with Crippen LogP contribution in [0.15, 0.2) is 101 Å². The summed E-state index contributed by atoms with van der Waals surface area (Å²) in [4.78, 5) is 25.0. The number of methoxy groups -OCH3 is 2. The first kappa shape index (κ1) is 33.5.